The predicted molar refractivity (Wildman–Crippen MR) is 72.7 cm³/mol. The third kappa shape index (κ3) is 10.2. The molecule has 21 heavy (non-hydrogen) atoms. The molecule has 0 bridgehead atoms. The molecule has 0 unspecified atom stereocenters. The summed E-state index contributed by atoms with van der Waals surface area (Å²) in [5.41, 5.74) is -0.380. The molecule has 0 aliphatic rings. The fraction of sp³-hybridized carbons (Fsp3) is 0.667. The van der Waals surface area contributed by atoms with Gasteiger partial charge in [-0.3, -0.25) is 9.59 Å². The minimum absolute atomic E-state index is 0.00710. The molecule has 0 aromatic carbocycles. The van der Waals surface area contributed by atoms with Crippen LogP contribution in [0, 0.1) is 0 Å². The third-order valence-corrected chi connectivity index (χ3v) is 2.13. The van der Waals surface area contributed by atoms with E-state index in [4.69, 9.17) is 10.2 Å². The third-order valence-electron chi connectivity index (χ3n) is 2.13. The highest BCUT2D eigenvalue weighted by atomic mass is 16.4. The van der Waals surface area contributed by atoms with Crippen LogP contribution in [0.15, 0.2) is 0 Å². The zero-order chi connectivity index (χ0) is 16.6. The Morgan fingerprint density at radius 1 is 1.10 bits per heavy atom. The monoisotopic (exact) mass is 303 g/mol. The van der Waals surface area contributed by atoms with Crippen LogP contribution in [0.4, 0.5) is 4.79 Å². The Bertz CT molecular complexity index is 416. The van der Waals surface area contributed by atoms with E-state index in [2.05, 4.69) is 10.6 Å². The standard InChI is InChI=1S/C12H21N3O6/c1-12(2,3)15-8(16)4-5-13-11(21)14-7(10(19)20)6-9(17)18/h7H,4-6H2,1-3H3,(H,15,16)(H,17,18)(H,19,20)(H2,13,14,21)/t7-/m1/s1. The Morgan fingerprint density at radius 2 is 1.67 bits per heavy atom. The lowest BCUT2D eigenvalue weighted by Gasteiger charge is -2.20. The Hall–Kier alpha value is -2.32. The summed E-state index contributed by atoms with van der Waals surface area (Å²) < 4.78 is 0. The minimum Gasteiger partial charge on any atom is -0.481 e. The fourth-order valence-electron chi connectivity index (χ4n) is 1.35. The molecule has 3 amide bonds. The first-order valence-electron chi connectivity index (χ1n) is 6.31. The molecule has 0 aliphatic carbocycles. The highest BCUT2D eigenvalue weighted by Gasteiger charge is 2.23. The normalized spacial score (nSPS) is 12.1. The van der Waals surface area contributed by atoms with Crippen molar-refractivity contribution in [2.75, 3.05) is 6.54 Å². The van der Waals surface area contributed by atoms with E-state index in [1.54, 1.807) is 0 Å². The summed E-state index contributed by atoms with van der Waals surface area (Å²) in [7, 11) is 0. The molecule has 5 N–H and O–H groups in total. The number of carboxylic acid groups (broad SMARTS) is 2. The zero-order valence-corrected chi connectivity index (χ0v) is 12.2. The van der Waals surface area contributed by atoms with Crippen LogP contribution in [-0.2, 0) is 14.4 Å². The van der Waals surface area contributed by atoms with Crippen LogP contribution in [0.25, 0.3) is 0 Å². The Balaban J connectivity index is 4.11. The summed E-state index contributed by atoms with van der Waals surface area (Å²) in [4.78, 5) is 44.0. The number of carbonyl (C=O) groups is 4. The quantitative estimate of drug-likeness (QED) is 0.429. The van der Waals surface area contributed by atoms with Gasteiger partial charge in [-0.1, -0.05) is 0 Å². The molecule has 0 aromatic rings. The number of carboxylic acids is 2. The van der Waals surface area contributed by atoms with Gasteiger partial charge in [-0.25, -0.2) is 9.59 Å². The lowest BCUT2D eigenvalue weighted by atomic mass is 10.1. The van der Waals surface area contributed by atoms with E-state index in [1.807, 2.05) is 26.1 Å². The second kappa shape index (κ2) is 8.08. The van der Waals surface area contributed by atoms with Crippen molar-refractivity contribution in [3.8, 4) is 0 Å². The predicted octanol–water partition coefficient (Wildman–Crippen LogP) is -0.482. The molecule has 0 rings (SSSR count). The van der Waals surface area contributed by atoms with E-state index < -0.39 is 30.4 Å². The number of nitrogens with one attached hydrogen (secondary N) is 3. The van der Waals surface area contributed by atoms with Crippen LogP contribution >= 0.6 is 0 Å². The molecule has 0 radical (unpaired) electrons. The lowest BCUT2D eigenvalue weighted by Crippen LogP contribution is -2.48. The van der Waals surface area contributed by atoms with Crippen molar-refractivity contribution in [3.63, 3.8) is 0 Å². The van der Waals surface area contributed by atoms with Gasteiger partial charge in [0.2, 0.25) is 5.91 Å². The van der Waals surface area contributed by atoms with Crippen molar-refractivity contribution < 1.29 is 29.4 Å². The largest absolute Gasteiger partial charge is 0.481 e. The van der Waals surface area contributed by atoms with Gasteiger partial charge in [-0.05, 0) is 20.8 Å². The van der Waals surface area contributed by atoms with Crippen molar-refractivity contribution in [2.45, 2.75) is 45.2 Å². The van der Waals surface area contributed by atoms with E-state index in [0.717, 1.165) is 0 Å². The molecule has 120 valence electrons. The molecule has 0 heterocycles. The molecule has 0 aliphatic heterocycles. The first kappa shape index (κ1) is 18.7. The maximum atomic E-state index is 11.5. The number of aliphatic carboxylic acids is 2. The lowest BCUT2D eigenvalue weighted by molar-refractivity contribution is -0.145. The first-order chi connectivity index (χ1) is 9.51. The average Bonchev–Trinajstić information content (AvgIpc) is 2.24. The van der Waals surface area contributed by atoms with Gasteiger partial charge >= 0.3 is 18.0 Å². The number of carbonyl (C=O) groups excluding carboxylic acids is 2. The number of hydrogen-bond donors (Lipinski definition) is 5. The molecule has 0 saturated heterocycles. The van der Waals surface area contributed by atoms with Crippen LogP contribution in [0.2, 0.25) is 0 Å². The van der Waals surface area contributed by atoms with Gasteiger partial charge in [0.1, 0.15) is 6.04 Å². The van der Waals surface area contributed by atoms with Gasteiger partial charge in [0.05, 0.1) is 6.42 Å². The smallest absolute Gasteiger partial charge is 0.326 e. The van der Waals surface area contributed by atoms with Crippen LogP contribution in [0.3, 0.4) is 0 Å². The van der Waals surface area contributed by atoms with Gasteiger partial charge in [0.15, 0.2) is 0 Å². The molecular formula is C12H21N3O6. The Labute approximate surface area is 122 Å². The van der Waals surface area contributed by atoms with Crippen LogP contribution < -0.4 is 16.0 Å². The van der Waals surface area contributed by atoms with E-state index in [0.29, 0.717) is 0 Å². The van der Waals surface area contributed by atoms with Crippen molar-refractivity contribution in [1.82, 2.24) is 16.0 Å². The maximum absolute atomic E-state index is 11.5. The van der Waals surface area contributed by atoms with Gasteiger partial charge in [0, 0.05) is 18.5 Å². The highest BCUT2D eigenvalue weighted by Crippen LogP contribution is 1.98. The van der Waals surface area contributed by atoms with Crippen molar-refractivity contribution in [2.24, 2.45) is 0 Å². The molecule has 0 spiro atoms. The number of hydrogen-bond acceptors (Lipinski definition) is 4. The molecule has 0 fully saturated rings. The summed E-state index contributed by atoms with van der Waals surface area (Å²) in [5, 5.41) is 24.3. The molecule has 1 atom stereocenters. The van der Waals surface area contributed by atoms with Gasteiger partial charge in [-0.15, -0.1) is 0 Å². The van der Waals surface area contributed by atoms with Crippen LogP contribution in [0.5, 0.6) is 0 Å². The second-order valence-electron chi connectivity index (χ2n) is 5.44. The molecule has 0 saturated carbocycles. The fourth-order valence-corrected chi connectivity index (χ4v) is 1.35. The maximum Gasteiger partial charge on any atom is 0.326 e. The molecule has 9 heteroatoms. The van der Waals surface area contributed by atoms with E-state index in [1.165, 1.54) is 0 Å². The molecular weight excluding hydrogens is 282 g/mol. The number of amides is 3. The van der Waals surface area contributed by atoms with Crippen molar-refractivity contribution in [1.29, 1.82) is 0 Å². The topological polar surface area (TPSA) is 145 Å². The SMILES string of the molecule is CC(C)(C)NC(=O)CCNC(=O)N[C@H](CC(=O)O)C(=O)O. The Kier molecular flexibility index (Phi) is 7.18. The van der Waals surface area contributed by atoms with Crippen molar-refractivity contribution in [3.05, 3.63) is 0 Å². The van der Waals surface area contributed by atoms with E-state index >= 15 is 0 Å². The van der Waals surface area contributed by atoms with Crippen LogP contribution in [-0.4, -0.2) is 52.2 Å². The first-order valence-corrected chi connectivity index (χ1v) is 6.31. The Morgan fingerprint density at radius 3 is 2.10 bits per heavy atom. The highest BCUT2D eigenvalue weighted by molar-refractivity contribution is 5.86. The van der Waals surface area contributed by atoms with Crippen molar-refractivity contribution >= 4 is 23.9 Å². The minimum atomic E-state index is -1.52. The summed E-state index contributed by atoms with van der Waals surface area (Å²) in [6.07, 6.45) is -0.700. The summed E-state index contributed by atoms with van der Waals surface area (Å²) in [5.74, 6) is -3.05. The average molecular weight is 303 g/mol. The van der Waals surface area contributed by atoms with Gasteiger partial charge < -0.3 is 26.2 Å². The molecule has 0 aromatic heterocycles. The van der Waals surface area contributed by atoms with Gasteiger partial charge in [0.25, 0.3) is 0 Å². The van der Waals surface area contributed by atoms with Gasteiger partial charge in [-0.2, -0.15) is 0 Å². The zero-order valence-electron chi connectivity index (χ0n) is 12.2. The number of rotatable bonds is 7. The second-order valence-corrected chi connectivity index (χ2v) is 5.44. The number of urea groups is 1. The van der Waals surface area contributed by atoms with E-state index in [-0.39, 0.29) is 24.4 Å². The summed E-state index contributed by atoms with van der Waals surface area (Å²) in [6, 6.07) is -2.36. The van der Waals surface area contributed by atoms with E-state index in [9.17, 15) is 19.2 Å². The molecule has 9 nitrogen and oxygen atoms in total. The van der Waals surface area contributed by atoms with Crippen LogP contribution in [0.1, 0.15) is 33.6 Å². The summed E-state index contributed by atoms with van der Waals surface area (Å²) in [6.45, 7) is 5.45. The summed E-state index contributed by atoms with van der Waals surface area (Å²) >= 11 is 0.